The van der Waals surface area contributed by atoms with Gasteiger partial charge in [0.2, 0.25) is 0 Å². The zero-order chi connectivity index (χ0) is 21.8. The van der Waals surface area contributed by atoms with Crippen LogP contribution in [0.1, 0.15) is 11.1 Å². The Bertz CT molecular complexity index is 1010. The van der Waals surface area contributed by atoms with Crippen molar-refractivity contribution in [2.45, 2.75) is 13.8 Å². The Kier molecular flexibility index (Phi) is 6.80. The van der Waals surface area contributed by atoms with Gasteiger partial charge in [-0.3, -0.25) is 14.6 Å². The van der Waals surface area contributed by atoms with E-state index in [4.69, 9.17) is 14.5 Å². The predicted octanol–water partition coefficient (Wildman–Crippen LogP) is 3.80. The molecule has 0 saturated carbocycles. The van der Waals surface area contributed by atoms with E-state index in [0.717, 1.165) is 41.0 Å². The van der Waals surface area contributed by atoms with E-state index in [1.165, 1.54) is 35.6 Å². The smallest absolute Gasteiger partial charge is 0.266 e. The molecule has 6 nitrogen and oxygen atoms in total. The molecule has 1 amide bonds. The Labute approximate surface area is 185 Å². The molecule has 1 aliphatic rings. The number of amides is 1. The molecule has 1 aromatic heterocycles. The minimum atomic E-state index is -0.342. The monoisotopic (exact) mass is 443 g/mol. The van der Waals surface area contributed by atoms with E-state index in [1.807, 2.05) is 6.92 Å². The number of carbonyl (C=O) groups excluding carboxylic acids is 1. The van der Waals surface area contributed by atoms with Crippen molar-refractivity contribution < 1.29 is 18.7 Å². The number of carbonyl (C=O) groups is 1. The van der Waals surface area contributed by atoms with Crippen LogP contribution in [-0.2, 0) is 9.53 Å². The lowest BCUT2D eigenvalue weighted by Gasteiger charge is -2.29. The van der Waals surface area contributed by atoms with Gasteiger partial charge in [-0.1, -0.05) is 23.5 Å². The molecule has 2 aromatic carbocycles. The average Bonchev–Trinajstić information content (AvgIpc) is 3.23. The first-order valence-electron chi connectivity index (χ1n) is 10.4. The van der Waals surface area contributed by atoms with Crippen LogP contribution in [0.4, 0.5) is 9.52 Å². The molecule has 0 radical (unpaired) electrons. The number of hydrogen-bond acceptors (Lipinski definition) is 6. The van der Waals surface area contributed by atoms with Crippen LogP contribution in [-0.4, -0.2) is 61.8 Å². The van der Waals surface area contributed by atoms with Crippen molar-refractivity contribution in [3.8, 4) is 5.75 Å². The molecular weight excluding hydrogens is 417 g/mol. The van der Waals surface area contributed by atoms with Crippen molar-refractivity contribution in [1.29, 1.82) is 0 Å². The number of halogens is 1. The molecule has 0 unspecified atom stereocenters. The van der Waals surface area contributed by atoms with Crippen molar-refractivity contribution in [2.24, 2.45) is 0 Å². The van der Waals surface area contributed by atoms with E-state index in [2.05, 4.69) is 24.0 Å². The molecule has 3 aromatic rings. The average molecular weight is 444 g/mol. The van der Waals surface area contributed by atoms with E-state index in [1.54, 1.807) is 4.90 Å². The number of morpholine rings is 1. The van der Waals surface area contributed by atoms with E-state index < -0.39 is 0 Å². The number of benzene rings is 2. The van der Waals surface area contributed by atoms with Crippen molar-refractivity contribution in [3.05, 3.63) is 53.3 Å². The first kappa shape index (κ1) is 21.7. The van der Waals surface area contributed by atoms with E-state index in [-0.39, 0.29) is 18.3 Å². The summed E-state index contributed by atoms with van der Waals surface area (Å²) < 4.78 is 25.3. The zero-order valence-electron chi connectivity index (χ0n) is 17.8. The van der Waals surface area contributed by atoms with Gasteiger partial charge in [0.1, 0.15) is 11.6 Å². The fourth-order valence-corrected chi connectivity index (χ4v) is 4.67. The number of fused-ring (bicyclic) bond motifs is 1. The van der Waals surface area contributed by atoms with Gasteiger partial charge in [-0.15, -0.1) is 0 Å². The molecule has 31 heavy (non-hydrogen) atoms. The summed E-state index contributed by atoms with van der Waals surface area (Å²) in [5.41, 5.74) is 3.17. The second kappa shape index (κ2) is 9.72. The molecule has 1 aliphatic heterocycles. The van der Waals surface area contributed by atoms with Crippen molar-refractivity contribution >= 4 is 32.6 Å². The fourth-order valence-electron chi connectivity index (χ4n) is 3.51. The number of anilines is 1. The molecule has 0 atom stereocenters. The van der Waals surface area contributed by atoms with Gasteiger partial charge >= 0.3 is 0 Å². The third-order valence-electron chi connectivity index (χ3n) is 5.38. The summed E-state index contributed by atoms with van der Waals surface area (Å²) in [6, 6.07) is 9.80. The van der Waals surface area contributed by atoms with Gasteiger partial charge in [0.05, 0.1) is 23.4 Å². The van der Waals surface area contributed by atoms with Crippen LogP contribution >= 0.6 is 11.3 Å². The first-order valence-corrected chi connectivity index (χ1v) is 11.2. The molecule has 1 saturated heterocycles. The van der Waals surface area contributed by atoms with Crippen LogP contribution in [0.3, 0.4) is 0 Å². The number of nitrogens with zero attached hydrogens (tertiary/aromatic N) is 3. The highest BCUT2D eigenvalue weighted by Crippen LogP contribution is 2.33. The normalized spacial score (nSPS) is 14.7. The highest BCUT2D eigenvalue weighted by Gasteiger charge is 2.23. The van der Waals surface area contributed by atoms with Gasteiger partial charge in [0.15, 0.2) is 11.7 Å². The quantitative estimate of drug-likeness (QED) is 0.556. The summed E-state index contributed by atoms with van der Waals surface area (Å²) in [5, 5.41) is 0.674. The Morgan fingerprint density at radius 2 is 1.87 bits per heavy atom. The van der Waals surface area contributed by atoms with Gasteiger partial charge in [-0.2, -0.15) is 0 Å². The number of aromatic nitrogens is 1. The summed E-state index contributed by atoms with van der Waals surface area (Å²) >= 11 is 1.53. The molecule has 0 N–H and O–H groups in total. The molecule has 164 valence electrons. The maximum absolute atomic E-state index is 13.2. The van der Waals surface area contributed by atoms with E-state index >= 15 is 0 Å². The Morgan fingerprint density at radius 3 is 2.58 bits per heavy atom. The molecule has 4 rings (SSSR count). The van der Waals surface area contributed by atoms with E-state index in [9.17, 15) is 9.18 Å². The fraction of sp³-hybridized carbons (Fsp3) is 0.391. The SMILES string of the molecule is Cc1ccc(C)c2sc(N(CCN3CCOCC3)C(=O)COc3ccc(F)cc3)nc12. The number of hydrogen-bond donors (Lipinski definition) is 0. The molecule has 0 aliphatic carbocycles. The molecule has 8 heteroatoms. The van der Waals surface area contributed by atoms with Crippen LogP contribution in [0.15, 0.2) is 36.4 Å². The third-order valence-corrected chi connectivity index (χ3v) is 6.60. The second-order valence-electron chi connectivity index (χ2n) is 7.62. The Morgan fingerprint density at radius 1 is 1.16 bits per heavy atom. The minimum Gasteiger partial charge on any atom is -0.484 e. The summed E-state index contributed by atoms with van der Waals surface area (Å²) in [6.07, 6.45) is 0. The van der Waals surface area contributed by atoms with Gasteiger partial charge in [-0.05, 0) is 49.2 Å². The molecule has 0 bridgehead atoms. The largest absolute Gasteiger partial charge is 0.484 e. The minimum absolute atomic E-state index is 0.136. The highest BCUT2D eigenvalue weighted by atomic mass is 32.1. The lowest BCUT2D eigenvalue weighted by Crippen LogP contribution is -2.44. The molecule has 0 spiro atoms. The Balaban J connectivity index is 1.54. The van der Waals surface area contributed by atoms with E-state index in [0.29, 0.717) is 30.6 Å². The van der Waals surface area contributed by atoms with Crippen molar-refractivity contribution in [1.82, 2.24) is 9.88 Å². The molecular formula is C23H26FN3O3S. The van der Waals surface area contributed by atoms with Crippen molar-refractivity contribution in [2.75, 3.05) is 50.9 Å². The third kappa shape index (κ3) is 5.20. The maximum atomic E-state index is 13.2. The second-order valence-corrected chi connectivity index (χ2v) is 8.59. The number of ether oxygens (including phenoxy) is 2. The standard InChI is InChI=1S/C23H26FN3O3S/c1-16-3-4-17(2)22-21(16)25-23(31-22)27(10-9-26-11-13-29-14-12-26)20(28)15-30-19-7-5-18(24)6-8-19/h3-8H,9-15H2,1-2H3. The predicted molar refractivity (Wildman–Crippen MR) is 121 cm³/mol. The van der Waals surface area contributed by atoms with Crippen LogP contribution in [0.25, 0.3) is 10.2 Å². The molecule has 1 fully saturated rings. The number of rotatable bonds is 7. The maximum Gasteiger partial charge on any atom is 0.266 e. The number of aryl methyl sites for hydroxylation is 2. The first-order chi connectivity index (χ1) is 15.0. The summed E-state index contributed by atoms with van der Waals surface area (Å²) in [5.74, 6) is -0.0585. The summed E-state index contributed by atoms with van der Waals surface area (Å²) in [4.78, 5) is 22.0. The highest BCUT2D eigenvalue weighted by molar-refractivity contribution is 7.22. The summed E-state index contributed by atoms with van der Waals surface area (Å²) in [7, 11) is 0. The summed E-state index contributed by atoms with van der Waals surface area (Å²) in [6.45, 7) is 8.33. The van der Waals surface area contributed by atoms with Crippen LogP contribution < -0.4 is 9.64 Å². The van der Waals surface area contributed by atoms with Crippen molar-refractivity contribution in [3.63, 3.8) is 0 Å². The lowest BCUT2D eigenvalue weighted by atomic mass is 10.1. The van der Waals surface area contributed by atoms with Gasteiger partial charge in [0, 0.05) is 26.2 Å². The van der Waals surface area contributed by atoms with Gasteiger partial charge in [0.25, 0.3) is 5.91 Å². The van der Waals surface area contributed by atoms with Crippen LogP contribution in [0, 0.1) is 19.7 Å². The van der Waals surface area contributed by atoms with Gasteiger partial charge in [-0.25, -0.2) is 9.37 Å². The van der Waals surface area contributed by atoms with Gasteiger partial charge < -0.3 is 9.47 Å². The number of thiazole rings is 1. The lowest BCUT2D eigenvalue weighted by molar-refractivity contribution is -0.120. The van der Waals surface area contributed by atoms with Crippen LogP contribution in [0.5, 0.6) is 5.75 Å². The topological polar surface area (TPSA) is 54.9 Å². The molecule has 2 heterocycles. The van der Waals surface area contributed by atoms with Crippen LogP contribution in [0.2, 0.25) is 0 Å². The zero-order valence-corrected chi connectivity index (χ0v) is 18.6. The Hall–Kier alpha value is -2.55.